The van der Waals surface area contributed by atoms with Gasteiger partial charge in [-0.1, -0.05) is 57.2 Å². The third-order valence-electron chi connectivity index (χ3n) is 5.26. The fraction of sp³-hybridized carbons (Fsp3) is 0.542. The van der Waals surface area contributed by atoms with E-state index in [4.69, 9.17) is 5.11 Å². The first-order chi connectivity index (χ1) is 14.9. The Balaban J connectivity index is 2.13. The lowest BCUT2D eigenvalue weighted by Crippen LogP contribution is -2.23. The fourth-order valence-corrected chi connectivity index (χ4v) is 3.42. The van der Waals surface area contributed by atoms with E-state index in [0.717, 1.165) is 25.7 Å². The molecule has 7 heteroatoms. The summed E-state index contributed by atoms with van der Waals surface area (Å²) in [6.07, 6.45) is 6.40. The van der Waals surface area contributed by atoms with Crippen molar-refractivity contribution in [1.29, 1.82) is 0 Å². The average molecular weight is 431 g/mol. The SMILES string of the molecule is CCCCCCC[C@H](O)c1nc2ccccc2nc1/C=C/[C@@H](O)[C@@H](O)CCCC(=O)O. The normalized spacial score (nSPS) is 14.7. The Morgan fingerprint density at radius 2 is 1.65 bits per heavy atom. The molecule has 0 radical (unpaired) electrons. The van der Waals surface area contributed by atoms with Crippen molar-refractivity contribution in [2.75, 3.05) is 0 Å². The van der Waals surface area contributed by atoms with E-state index in [0.29, 0.717) is 28.8 Å². The van der Waals surface area contributed by atoms with Crippen molar-refractivity contribution in [2.45, 2.75) is 83.0 Å². The van der Waals surface area contributed by atoms with Gasteiger partial charge in [0.25, 0.3) is 0 Å². The van der Waals surface area contributed by atoms with E-state index in [2.05, 4.69) is 16.9 Å². The van der Waals surface area contributed by atoms with E-state index in [9.17, 15) is 20.1 Å². The first kappa shape index (κ1) is 24.9. The van der Waals surface area contributed by atoms with Gasteiger partial charge in [-0.2, -0.15) is 0 Å². The second kappa shape index (κ2) is 13.1. The van der Waals surface area contributed by atoms with Crippen molar-refractivity contribution in [3.63, 3.8) is 0 Å². The zero-order valence-electron chi connectivity index (χ0n) is 18.2. The van der Waals surface area contributed by atoms with Gasteiger partial charge in [0, 0.05) is 6.42 Å². The molecule has 7 nitrogen and oxygen atoms in total. The third kappa shape index (κ3) is 8.36. The topological polar surface area (TPSA) is 124 Å². The van der Waals surface area contributed by atoms with Crippen LogP contribution in [-0.4, -0.2) is 48.6 Å². The van der Waals surface area contributed by atoms with Crippen LogP contribution in [-0.2, 0) is 4.79 Å². The molecule has 0 saturated carbocycles. The van der Waals surface area contributed by atoms with Gasteiger partial charge in [-0.3, -0.25) is 4.79 Å². The van der Waals surface area contributed by atoms with Crippen LogP contribution in [0.5, 0.6) is 0 Å². The van der Waals surface area contributed by atoms with Crippen LogP contribution in [0.25, 0.3) is 17.1 Å². The molecule has 1 aromatic heterocycles. The number of nitrogens with zero attached hydrogens (tertiary/aromatic N) is 2. The van der Waals surface area contributed by atoms with E-state index in [-0.39, 0.29) is 19.3 Å². The van der Waals surface area contributed by atoms with E-state index < -0.39 is 24.3 Å². The molecule has 31 heavy (non-hydrogen) atoms. The number of aliphatic hydroxyl groups is 3. The molecular weight excluding hydrogens is 396 g/mol. The maximum Gasteiger partial charge on any atom is 0.303 e. The van der Waals surface area contributed by atoms with Crippen LogP contribution in [0.1, 0.15) is 82.2 Å². The minimum Gasteiger partial charge on any atom is -0.481 e. The molecule has 0 aliphatic carbocycles. The number of rotatable bonds is 14. The van der Waals surface area contributed by atoms with Gasteiger partial charge in [-0.15, -0.1) is 0 Å². The number of unbranched alkanes of at least 4 members (excludes halogenated alkanes) is 4. The molecule has 0 amide bonds. The molecule has 2 rings (SSSR count). The van der Waals surface area contributed by atoms with Crippen LogP contribution in [0.4, 0.5) is 0 Å². The second-order valence-electron chi connectivity index (χ2n) is 7.90. The number of carboxylic acids is 1. The molecule has 0 fully saturated rings. The molecule has 0 unspecified atom stereocenters. The number of hydrogen-bond donors (Lipinski definition) is 4. The molecule has 4 N–H and O–H groups in total. The van der Waals surface area contributed by atoms with Gasteiger partial charge in [0.05, 0.1) is 40.7 Å². The first-order valence-corrected chi connectivity index (χ1v) is 11.1. The van der Waals surface area contributed by atoms with Gasteiger partial charge in [-0.25, -0.2) is 9.97 Å². The van der Waals surface area contributed by atoms with Gasteiger partial charge in [0.15, 0.2) is 0 Å². The van der Waals surface area contributed by atoms with Crippen molar-refractivity contribution in [1.82, 2.24) is 9.97 Å². The number of aliphatic carboxylic acids is 1. The molecule has 2 aromatic rings. The summed E-state index contributed by atoms with van der Waals surface area (Å²) in [6.45, 7) is 2.16. The summed E-state index contributed by atoms with van der Waals surface area (Å²) in [5.74, 6) is -0.933. The number of fused-ring (bicyclic) bond motifs is 1. The van der Waals surface area contributed by atoms with Crippen LogP contribution in [0.3, 0.4) is 0 Å². The standard InChI is InChI=1S/C24H34N2O5/c1-2-3-4-5-6-12-22(29)24-19(25-17-10-7-8-11-18(17)26-24)15-16-21(28)20(27)13-9-14-23(30)31/h7-8,10-11,15-16,20-22,27-29H,2-6,9,12-14H2,1H3,(H,30,31)/b16-15+/t20-,21+,22-/m0/s1. The van der Waals surface area contributed by atoms with Crippen molar-refractivity contribution < 1.29 is 25.2 Å². The Kier molecular flexibility index (Phi) is 10.6. The highest BCUT2D eigenvalue weighted by atomic mass is 16.4. The predicted molar refractivity (Wildman–Crippen MR) is 120 cm³/mol. The summed E-state index contributed by atoms with van der Waals surface area (Å²) in [5.41, 5.74) is 2.28. The minimum atomic E-state index is -1.17. The Hall–Kier alpha value is -2.35. The molecule has 3 atom stereocenters. The number of benzene rings is 1. The van der Waals surface area contributed by atoms with Crippen molar-refractivity contribution in [2.24, 2.45) is 0 Å². The van der Waals surface area contributed by atoms with Gasteiger partial charge in [-0.05, 0) is 37.5 Å². The first-order valence-electron chi connectivity index (χ1n) is 11.1. The fourth-order valence-electron chi connectivity index (χ4n) is 3.42. The summed E-state index contributed by atoms with van der Waals surface area (Å²) in [6, 6.07) is 7.40. The third-order valence-corrected chi connectivity index (χ3v) is 5.26. The lowest BCUT2D eigenvalue weighted by molar-refractivity contribution is -0.137. The number of aromatic nitrogens is 2. The summed E-state index contributed by atoms with van der Waals surface area (Å²) < 4.78 is 0. The summed E-state index contributed by atoms with van der Waals surface area (Å²) in [5, 5.41) is 39.7. The monoisotopic (exact) mass is 430 g/mol. The second-order valence-corrected chi connectivity index (χ2v) is 7.90. The molecule has 0 bridgehead atoms. The lowest BCUT2D eigenvalue weighted by Gasteiger charge is -2.15. The van der Waals surface area contributed by atoms with Crippen LogP contribution in [0, 0.1) is 0 Å². The van der Waals surface area contributed by atoms with E-state index in [1.165, 1.54) is 12.5 Å². The molecule has 0 saturated heterocycles. The minimum absolute atomic E-state index is 0.0573. The Morgan fingerprint density at radius 3 is 2.32 bits per heavy atom. The summed E-state index contributed by atoms with van der Waals surface area (Å²) in [4.78, 5) is 19.8. The summed E-state index contributed by atoms with van der Waals surface area (Å²) >= 11 is 0. The molecule has 0 spiro atoms. The maximum absolute atomic E-state index is 10.8. The number of carbonyl (C=O) groups is 1. The predicted octanol–water partition coefficient (Wildman–Crippen LogP) is 4.01. The molecular formula is C24H34N2O5. The molecule has 1 aromatic carbocycles. The van der Waals surface area contributed by atoms with Gasteiger partial charge < -0.3 is 20.4 Å². The molecule has 1 heterocycles. The molecule has 0 aliphatic heterocycles. The van der Waals surface area contributed by atoms with Gasteiger partial charge >= 0.3 is 5.97 Å². The number of aliphatic hydroxyl groups excluding tert-OH is 3. The quantitative estimate of drug-likeness (QED) is 0.334. The number of carboxylic acid groups (broad SMARTS) is 1. The lowest BCUT2D eigenvalue weighted by atomic mass is 10.0. The van der Waals surface area contributed by atoms with Gasteiger partial charge in [0.1, 0.15) is 0 Å². The van der Waals surface area contributed by atoms with Crippen molar-refractivity contribution in [3.05, 3.63) is 41.7 Å². The number of para-hydroxylation sites is 2. The van der Waals surface area contributed by atoms with Crippen molar-refractivity contribution in [3.8, 4) is 0 Å². The Labute approximate surface area is 183 Å². The molecule has 170 valence electrons. The van der Waals surface area contributed by atoms with E-state index >= 15 is 0 Å². The smallest absolute Gasteiger partial charge is 0.303 e. The van der Waals surface area contributed by atoms with Crippen LogP contribution in [0.2, 0.25) is 0 Å². The van der Waals surface area contributed by atoms with Crippen LogP contribution < -0.4 is 0 Å². The zero-order chi connectivity index (χ0) is 22.6. The van der Waals surface area contributed by atoms with Crippen molar-refractivity contribution >= 4 is 23.1 Å². The Bertz CT molecular complexity index is 855. The maximum atomic E-state index is 10.8. The van der Waals surface area contributed by atoms with E-state index in [1.54, 1.807) is 6.08 Å². The highest BCUT2D eigenvalue weighted by Crippen LogP contribution is 2.24. The van der Waals surface area contributed by atoms with Gasteiger partial charge in [0.2, 0.25) is 0 Å². The molecule has 0 aliphatic rings. The van der Waals surface area contributed by atoms with E-state index in [1.807, 2.05) is 24.3 Å². The highest BCUT2D eigenvalue weighted by Gasteiger charge is 2.17. The Morgan fingerprint density at radius 1 is 0.968 bits per heavy atom. The summed E-state index contributed by atoms with van der Waals surface area (Å²) in [7, 11) is 0. The number of hydrogen-bond acceptors (Lipinski definition) is 6. The largest absolute Gasteiger partial charge is 0.481 e. The van der Waals surface area contributed by atoms with Crippen LogP contribution >= 0.6 is 0 Å². The zero-order valence-corrected chi connectivity index (χ0v) is 18.2. The average Bonchev–Trinajstić information content (AvgIpc) is 2.76. The highest BCUT2D eigenvalue weighted by molar-refractivity contribution is 5.75. The van der Waals surface area contributed by atoms with Crippen LogP contribution in [0.15, 0.2) is 30.3 Å².